The van der Waals surface area contributed by atoms with Gasteiger partial charge in [-0.05, 0) is 45.2 Å². The van der Waals surface area contributed by atoms with Crippen LogP contribution in [0.15, 0.2) is 0 Å². The van der Waals surface area contributed by atoms with Crippen LogP contribution in [0.1, 0.15) is 66.2 Å². The van der Waals surface area contributed by atoms with Gasteiger partial charge < -0.3 is 21.7 Å². The number of unbranched alkanes of at least 4 members (excludes halogenated alkanes) is 2. The van der Waals surface area contributed by atoms with Gasteiger partial charge in [0, 0.05) is 18.5 Å². The highest BCUT2D eigenvalue weighted by Gasteiger charge is 2.17. The second kappa shape index (κ2) is 13.3. The summed E-state index contributed by atoms with van der Waals surface area (Å²) in [4.78, 5) is 23.3. The molecule has 0 unspecified atom stereocenters. The van der Waals surface area contributed by atoms with E-state index in [0.717, 1.165) is 38.8 Å². The molecule has 0 spiro atoms. The van der Waals surface area contributed by atoms with Crippen molar-refractivity contribution < 1.29 is 9.59 Å². The van der Waals surface area contributed by atoms with Gasteiger partial charge in [0.2, 0.25) is 11.8 Å². The van der Waals surface area contributed by atoms with Crippen molar-refractivity contribution in [2.24, 2.45) is 5.73 Å². The second-order valence-corrected chi connectivity index (χ2v) is 6.69. The molecule has 136 valence electrons. The van der Waals surface area contributed by atoms with Gasteiger partial charge >= 0.3 is 0 Å². The third-order valence-corrected chi connectivity index (χ3v) is 3.53. The molecule has 0 aliphatic carbocycles. The molecule has 0 aromatic heterocycles. The third kappa shape index (κ3) is 14.2. The molecule has 0 aliphatic rings. The van der Waals surface area contributed by atoms with Gasteiger partial charge in [0.15, 0.2) is 0 Å². The van der Waals surface area contributed by atoms with Gasteiger partial charge in [-0.1, -0.05) is 27.7 Å². The van der Waals surface area contributed by atoms with Crippen LogP contribution in [-0.2, 0) is 9.59 Å². The average molecular weight is 329 g/mol. The standard InChI is InChI=1S/C17H36N4O2/c1-13(2)19-11-7-5-9-15(17(18)23)21-16(22)10-6-8-12-20-14(3)4/h13-15,19-20H,5-12H2,1-4H3,(H2,18,23)(H,21,22)/t15-/m1/s1. The molecule has 5 N–H and O–H groups in total. The highest BCUT2D eigenvalue weighted by molar-refractivity contribution is 5.86. The fraction of sp³-hybridized carbons (Fsp3) is 0.882. The Morgan fingerprint density at radius 2 is 1.39 bits per heavy atom. The summed E-state index contributed by atoms with van der Waals surface area (Å²) in [6, 6.07) is 0.385. The number of carbonyl (C=O) groups is 2. The molecule has 0 saturated heterocycles. The predicted molar refractivity (Wildman–Crippen MR) is 95.1 cm³/mol. The highest BCUT2D eigenvalue weighted by Crippen LogP contribution is 2.02. The Kier molecular flexibility index (Phi) is 12.7. The summed E-state index contributed by atoms with van der Waals surface area (Å²) in [5.41, 5.74) is 5.38. The van der Waals surface area contributed by atoms with Crippen molar-refractivity contribution in [2.45, 2.75) is 84.3 Å². The first-order valence-corrected chi connectivity index (χ1v) is 8.88. The van der Waals surface area contributed by atoms with Gasteiger partial charge in [-0.3, -0.25) is 9.59 Å². The van der Waals surface area contributed by atoms with Crippen molar-refractivity contribution in [1.82, 2.24) is 16.0 Å². The number of nitrogens with one attached hydrogen (secondary N) is 3. The molecule has 0 rings (SSSR count). The summed E-state index contributed by atoms with van der Waals surface area (Å²) >= 11 is 0. The second-order valence-electron chi connectivity index (χ2n) is 6.69. The first-order valence-electron chi connectivity index (χ1n) is 8.88. The van der Waals surface area contributed by atoms with E-state index in [2.05, 4.69) is 43.6 Å². The normalized spacial score (nSPS) is 12.6. The van der Waals surface area contributed by atoms with E-state index in [1.165, 1.54) is 0 Å². The van der Waals surface area contributed by atoms with Crippen molar-refractivity contribution in [3.05, 3.63) is 0 Å². The molecule has 2 amide bonds. The zero-order chi connectivity index (χ0) is 17.7. The first kappa shape index (κ1) is 21.9. The van der Waals surface area contributed by atoms with E-state index in [0.29, 0.717) is 24.9 Å². The number of amides is 2. The van der Waals surface area contributed by atoms with E-state index < -0.39 is 11.9 Å². The fourth-order valence-corrected chi connectivity index (χ4v) is 2.22. The number of primary amides is 1. The van der Waals surface area contributed by atoms with E-state index in [1.807, 2.05) is 0 Å². The molecular formula is C17H36N4O2. The zero-order valence-electron chi connectivity index (χ0n) is 15.3. The maximum Gasteiger partial charge on any atom is 0.239 e. The van der Waals surface area contributed by atoms with Gasteiger partial charge in [0.25, 0.3) is 0 Å². The Balaban J connectivity index is 3.84. The molecule has 0 bridgehead atoms. The van der Waals surface area contributed by atoms with E-state index in [-0.39, 0.29) is 5.91 Å². The topological polar surface area (TPSA) is 96.2 Å². The highest BCUT2D eigenvalue weighted by atomic mass is 16.2. The third-order valence-electron chi connectivity index (χ3n) is 3.53. The Bertz CT molecular complexity index is 333. The molecule has 0 heterocycles. The van der Waals surface area contributed by atoms with Crippen LogP contribution in [0.4, 0.5) is 0 Å². The average Bonchev–Trinajstić information content (AvgIpc) is 2.44. The molecule has 0 saturated carbocycles. The van der Waals surface area contributed by atoms with Gasteiger partial charge in [0.05, 0.1) is 0 Å². The van der Waals surface area contributed by atoms with Crippen LogP contribution >= 0.6 is 0 Å². The van der Waals surface area contributed by atoms with Gasteiger partial charge in [-0.15, -0.1) is 0 Å². The minimum atomic E-state index is -0.546. The first-order chi connectivity index (χ1) is 10.8. The molecule has 23 heavy (non-hydrogen) atoms. The Morgan fingerprint density at radius 1 is 0.870 bits per heavy atom. The summed E-state index contributed by atoms with van der Waals surface area (Å²) in [6.45, 7) is 10.2. The minimum absolute atomic E-state index is 0.0846. The van der Waals surface area contributed by atoms with E-state index in [4.69, 9.17) is 5.73 Å². The van der Waals surface area contributed by atoms with Gasteiger partial charge in [-0.2, -0.15) is 0 Å². The van der Waals surface area contributed by atoms with Crippen molar-refractivity contribution in [1.29, 1.82) is 0 Å². The lowest BCUT2D eigenvalue weighted by Crippen LogP contribution is -2.44. The van der Waals surface area contributed by atoms with E-state index in [9.17, 15) is 9.59 Å². The smallest absolute Gasteiger partial charge is 0.239 e. The lowest BCUT2D eigenvalue weighted by atomic mass is 10.1. The van der Waals surface area contributed by atoms with Crippen molar-refractivity contribution in [3.63, 3.8) is 0 Å². The molecule has 1 atom stereocenters. The Labute approximate surface area is 141 Å². The van der Waals surface area contributed by atoms with E-state index in [1.54, 1.807) is 0 Å². The lowest BCUT2D eigenvalue weighted by Gasteiger charge is -2.16. The van der Waals surface area contributed by atoms with Crippen molar-refractivity contribution in [2.75, 3.05) is 13.1 Å². The summed E-state index contributed by atoms with van der Waals surface area (Å²) in [7, 11) is 0. The van der Waals surface area contributed by atoms with Crippen LogP contribution in [0.2, 0.25) is 0 Å². The number of rotatable bonds is 14. The summed E-state index contributed by atoms with van der Waals surface area (Å²) in [5.74, 6) is -0.532. The summed E-state index contributed by atoms with van der Waals surface area (Å²) in [5, 5.41) is 9.40. The number of hydrogen-bond acceptors (Lipinski definition) is 4. The molecule has 0 aromatic rings. The summed E-state index contributed by atoms with van der Waals surface area (Å²) in [6.07, 6.45) is 4.65. The van der Waals surface area contributed by atoms with Crippen molar-refractivity contribution >= 4 is 11.8 Å². The maximum atomic E-state index is 11.9. The maximum absolute atomic E-state index is 11.9. The molecule has 0 aliphatic heterocycles. The molecule has 0 aromatic carbocycles. The van der Waals surface area contributed by atoms with Crippen LogP contribution in [0.5, 0.6) is 0 Å². The Hall–Kier alpha value is -1.14. The quantitative estimate of drug-likeness (QED) is 0.361. The fourth-order valence-electron chi connectivity index (χ4n) is 2.22. The van der Waals surface area contributed by atoms with Crippen LogP contribution in [-0.4, -0.2) is 43.0 Å². The largest absolute Gasteiger partial charge is 0.368 e. The zero-order valence-corrected chi connectivity index (χ0v) is 15.3. The van der Waals surface area contributed by atoms with Crippen LogP contribution in [0.25, 0.3) is 0 Å². The van der Waals surface area contributed by atoms with E-state index >= 15 is 0 Å². The van der Waals surface area contributed by atoms with Crippen LogP contribution in [0, 0.1) is 0 Å². The van der Waals surface area contributed by atoms with Gasteiger partial charge in [-0.25, -0.2) is 0 Å². The molecule has 0 fully saturated rings. The van der Waals surface area contributed by atoms with Crippen molar-refractivity contribution in [3.8, 4) is 0 Å². The molecule has 6 heteroatoms. The number of nitrogens with two attached hydrogens (primary N) is 1. The van der Waals surface area contributed by atoms with Crippen LogP contribution in [0.3, 0.4) is 0 Å². The minimum Gasteiger partial charge on any atom is -0.368 e. The Morgan fingerprint density at radius 3 is 1.87 bits per heavy atom. The summed E-state index contributed by atoms with van der Waals surface area (Å²) < 4.78 is 0. The van der Waals surface area contributed by atoms with Gasteiger partial charge in [0.1, 0.15) is 6.04 Å². The lowest BCUT2D eigenvalue weighted by molar-refractivity contribution is -0.127. The predicted octanol–water partition coefficient (Wildman–Crippen LogP) is 1.29. The molecule has 6 nitrogen and oxygen atoms in total. The number of carbonyl (C=O) groups excluding carboxylic acids is 2. The monoisotopic (exact) mass is 328 g/mol. The number of hydrogen-bond donors (Lipinski definition) is 4. The molecule has 0 radical (unpaired) electrons. The van der Waals surface area contributed by atoms with Crippen LogP contribution < -0.4 is 21.7 Å². The molecular weight excluding hydrogens is 292 g/mol. The SMILES string of the molecule is CC(C)NCCCCC(=O)N[C@H](CCCCNC(C)C)C(N)=O.